The zero-order valence-electron chi connectivity index (χ0n) is 25.1. The summed E-state index contributed by atoms with van der Waals surface area (Å²) in [5.74, 6) is 1.87. The van der Waals surface area contributed by atoms with Crippen molar-refractivity contribution in [1.82, 2.24) is 24.9 Å². The molecule has 0 N–H and O–H groups in total. The highest BCUT2D eigenvalue weighted by molar-refractivity contribution is 6.15. The van der Waals surface area contributed by atoms with Crippen LogP contribution in [0.15, 0.2) is 156 Å². The Morgan fingerprint density at radius 2 is 1.00 bits per heavy atom. The molecule has 220 valence electrons. The Labute approximate surface area is 270 Å². The Kier molecular flexibility index (Phi) is 6.35. The van der Waals surface area contributed by atoms with Crippen LogP contribution in [-0.4, -0.2) is 24.9 Å². The minimum absolute atomic E-state index is 0.610. The molecule has 0 saturated carbocycles. The van der Waals surface area contributed by atoms with Gasteiger partial charge in [-0.1, -0.05) is 127 Å². The maximum atomic E-state index is 6.49. The molecule has 6 nitrogen and oxygen atoms in total. The Morgan fingerprint density at radius 3 is 1.68 bits per heavy atom. The van der Waals surface area contributed by atoms with Crippen LogP contribution in [-0.2, 0) is 0 Å². The van der Waals surface area contributed by atoms with Crippen molar-refractivity contribution in [2.24, 2.45) is 0 Å². The third-order valence-corrected chi connectivity index (χ3v) is 8.43. The lowest BCUT2D eigenvalue weighted by molar-refractivity contribution is 0.668. The van der Waals surface area contributed by atoms with Gasteiger partial charge in [-0.3, -0.25) is 4.98 Å². The summed E-state index contributed by atoms with van der Waals surface area (Å²) >= 11 is 0. The van der Waals surface area contributed by atoms with E-state index >= 15 is 0 Å². The maximum absolute atomic E-state index is 6.49. The van der Waals surface area contributed by atoms with E-state index in [0.717, 1.165) is 66.3 Å². The van der Waals surface area contributed by atoms with Crippen molar-refractivity contribution in [3.63, 3.8) is 0 Å². The van der Waals surface area contributed by atoms with Crippen molar-refractivity contribution in [2.75, 3.05) is 0 Å². The predicted molar refractivity (Wildman–Crippen MR) is 187 cm³/mol. The summed E-state index contributed by atoms with van der Waals surface area (Å²) in [4.78, 5) is 24.3. The Morgan fingerprint density at radius 1 is 0.447 bits per heavy atom. The van der Waals surface area contributed by atoms with Gasteiger partial charge in [-0.2, -0.15) is 0 Å². The molecule has 0 atom stereocenters. The largest absolute Gasteiger partial charge is 0.454 e. The van der Waals surface area contributed by atoms with Crippen LogP contribution in [0.5, 0.6) is 0 Å². The lowest BCUT2D eigenvalue weighted by atomic mass is 9.98. The summed E-state index contributed by atoms with van der Waals surface area (Å²) in [6.45, 7) is 0. The zero-order valence-corrected chi connectivity index (χ0v) is 25.1. The number of furan rings is 1. The van der Waals surface area contributed by atoms with Crippen molar-refractivity contribution in [2.45, 2.75) is 0 Å². The molecule has 0 spiro atoms. The van der Waals surface area contributed by atoms with Gasteiger partial charge >= 0.3 is 0 Å². The summed E-state index contributed by atoms with van der Waals surface area (Å²) in [7, 11) is 0. The highest BCUT2D eigenvalue weighted by Gasteiger charge is 2.20. The van der Waals surface area contributed by atoms with Crippen LogP contribution in [0.25, 0.3) is 89.4 Å². The third-order valence-electron chi connectivity index (χ3n) is 8.43. The second kappa shape index (κ2) is 11.1. The molecule has 0 fully saturated rings. The van der Waals surface area contributed by atoms with Crippen molar-refractivity contribution in [1.29, 1.82) is 0 Å². The second-order valence-electron chi connectivity index (χ2n) is 11.4. The number of rotatable bonds is 5. The Hall–Kier alpha value is -6.53. The summed E-state index contributed by atoms with van der Waals surface area (Å²) < 4.78 is 6.49. The fourth-order valence-electron chi connectivity index (χ4n) is 6.08. The molecular formula is C41H25N5O. The van der Waals surface area contributed by atoms with Gasteiger partial charge in [0, 0.05) is 50.8 Å². The van der Waals surface area contributed by atoms with Gasteiger partial charge in [0.15, 0.2) is 23.1 Å². The summed E-state index contributed by atoms with van der Waals surface area (Å²) in [5.41, 5.74) is 7.77. The first-order valence-electron chi connectivity index (χ1n) is 15.4. The SMILES string of the molecule is c1ccc(-c2nc(-c3ccccc3)nc(-c3ccc(-c4cnc(-c5cc6ccccc6cn5)c5oc6ccccc6c45)cc3)n2)cc1. The molecule has 0 amide bonds. The topological polar surface area (TPSA) is 77.6 Å². The first-order chi connectivity index (χ1) is 23.3. The molecule has 0 bridgehead atoms. The van der Waals surface area contributed by atoms with Gasteiger partial charge < -0.3 is 4.42 Å². The number of hydrogen-bond acceptors (Lipinski definition) is 6. The quantitative estimate of drug-likeness (QED) is 0.195. The molecular weight excluding hydrogens is 578 g/mol. The molecule has 0 aliphatic rings. The highest BCUT2D eigenvalue weighted by atomic mass is 16.3. The van der Waals surface area contributed by atoms with Crippen LogP contribution in [0.1, 0.15) is 0 Å². The summed E-state index contributed by atoms with van der Waals surface area (Å²) in [6.07, 6.45) is 3.82. The molecule has 0 radical (unpaired) electrons. The average Bonchev–Trinajstić information content (AvgIpc) is 3.55. The van der Waals surface area contributed by atoms with Crippen molar-refractivity contribution < 1.29 is 4.42 Å². The highest BCUT2D eigenvalue weighted by Crippen LogP contribution is 2.40. The minimum atomic E-state index is 0.610. The first-order valence-corrected chi connectivity index (χ1v) is 15.4. The molecule has 0 unspecified atom stereocenters. The third kappa shape index (κ3) is 4.80. The fourth-order valence-corrected chi connectivity index (χ4v) is 6.08. The molecule has 47 heavy (non-hydrogen) atoms. The number of hydrogen-bond donors (Lipinski definition) is 0. The van der Waals surface area contributed by atoms with Crippen LogP contribution in [0.3, 0.4) is 0 Å². The first kappa shape index (κ1) is 26.8. The Bertz CT molecular complexity index is 2500. The molecule has 0 saturated heterocycles. The molecule has 4 heterocycles. The van der Waals surface area contributed by atoms with Crippen LogP contribution < -0.4 is 0 Å². The number of benzene rings is 5. The lowest BCUT2D eigenvalue weighted by Gasteiger charge is -2.10. The average molecular weight is 604 g/mol. The van der Waals surface area contributed by atoms with E-state index in [0.29, 0.717) is 23.1 Å². The van der Waals surface area contributed by atoms with Crippen molar-refractivity contribution in [3.8, 4) is 56.7 Å². The van der Waals surface area contributed by atoms with Gasteiger partial charge in [-0.05, 0) is 23.1 Å². The zero-order chi connectivity index (χ0) is 31.2. The van der Waals surface area contributed by atoms with Gasteiger partial charge in [0.1, 0.15) is 11.3 Å². The molecule has 0 aliphatic carbocycles. The number of fused-ring (bicyclic) bond motifs is 4. The van der Waals surface area contributed by atoms with Gasteiger partial charge in [-0.15, -0.1) is 0 Å². The molecule has 0 aliphatic heterocycles. The predicted octanol–water partition coefficient (Wildman–Crippen LogP) is 10.0. The summed E-state index contributed by atoms with van der Waals surface area (Å²) in [6, 6.07) is 46.7. The van der Waals surface area contributed by atoms with E-state index in [1.54, 1.807) is 0 Å². The smallest absolute Gasteiger partial charge is 0.164 e. The van der Waals surface area contributed by atoms with Gasteiger partial charge in [0.2, 0.25) is 0 Å². The van der Waals surface area contributed by atoms with E-state index in [-0.39, 0.29) is 0 Å². The monoisotopic (exact) mass is 603 g/mol. The van der Waals surface area contributed by atoms with E-state index < -0.39 is 0 Å². The second-order valence-corrected chi connectivity index (χ2v) is 11.4. The number of nitrogens with zero attached hydrogens (tertiary/aromatic N) is 5. The van der Waals surface area contributed by atoms with Crippen LogP contribution in [0.2, 0.25) is 0 Å². The van der Waals surface area contributed by atoms with E-state index in [9.17, 15) is 0 Å². The molecule has 6 heteroatoms. The van der Waals surface area contributed by atoms with Gasteiger partial charge in [-0.25, -0.2) is 19.9 Å². The molecule has 9 rings (SSSR count). The van der Waals surface area contributed by atoms with Gasteiger partial charge in [0.05, 0.1) is 5.69 Å². The van der Waals surface area contributed by atoms with E-state index in [4.69, 9.17) is 29.3 Å². The van der Waals surface area contributed by atoms with E-state index in [1.165, 1.54) is 0 Å². The number of aromatic nitrogens is 5. The van der Waals surface area contributed by atoms with E-state index in [1.807, 2.05) is 103 Å². The summed E-state index contributed by atoms with van der Waals surface area (Å²) in [5, 5.41) is 4.22. The minimum Gasteiger partial charge on any atom is -0.454 e. The number of para-hydroxylation sites is 1. The van der Waals surface area contributed by atoms with E-state index in [2.05, 4.69) is 48.5 Å². The fraction of sp³-hybridized carbons (Fsp3) is 0. The lowest BCUT2D eigenvalue weighted by Crippen LogP contribution is -2.00. The number of pyridine rings is 2. The molecule has 4 aromatic heterocycles. The van der Waals surface area contributed by atoms with Crippen molar-refractivity contribution in [3.05, 3.63) is 152 Å². The standard InChI is InChI=1S/C41H25N5O/c1-3-11-27(12-4-1)39-44-40(28-13-5-2-6-14-28)46-41(45-39)29-21-19-26(20-22-29)33-25-43-37(34-23-30-15-7-8-16-31(30)24-42-34)38-36(33)32-17-9-10-18-35(32)47-38/h1-25H. The maximum Gasteiger partial charge on any atom is 0.164 e. The molecule has 9 aromatic rings. The molecule has 5 aromatic carbocycles. The normalized spacial score (nSPS) is 11.4. The van der Waals surface area contributed by atoms with Crippen LogP contribution >= 0.6 is 0 Å². The van der Waals surface area contributed by atoms with Crippen molar-refractivity contribution >= 4 is 32.7 Å². The van der Waals surface area contributed by atoms with Gasteiger partial charge in [0.25, 0.3) is 0 Å². The van der Waals surface area contributed by atoms with Crippen LogP contribution in [0.4, 0.5) is 0 Å². The Balaban J connectivity index is 1.17. The van der Waals surface area contributed by atoms with Crippen LogP contribution in [0, 0.1) is 0 Å².